The van der Waals surface area contributed by atoms with Gasteiger partial charge in [0.05, 0.1) is 24.5 Å². The Hall–Kier alpha value is -2.35. The van der Waals surface area contributed by atoms with Crippen molar-refractivity contribution < 1.29 is 18.7 Å². The lowest BCUT2D eigenvalue weighted by Crippen LogP contribution is -2.71. The lowest BCUT2D eigenvalue weighted by molar-refractivity contribution is -0.119. The number of carbonyl (C=O) groups is 2. The number of ether oxygens (including phenoxy) is 1. The zero-order valence-electron chi connectivity index (χ0n) is 14.0. The number of nitrogens with one attached hydrogen (secondary N) is 2. The molecule has 0 aromatic heterocycles. The van der Waals surface area contributed by atoms with E-state index in [1.807, 2.05) is 4.90 Å². The second-order valence-corrected chi connectivity index (χ2v) is 7.15. The quantitative estimate of drug-likeness (QED) is 0.838. The molecule has 1 aromatic carbocycles. The highest BCUT2D eigenvalue weighted by molar-refractivity contribution is 5.90. The zero-order chi connectivity index (χ0) is 17.6. The van der Waals surface area contributed by atoms with Crippen LogP contribution in [0.2, 0.25) is 0 Å². The Morgan fingerprint density at radius 2 is 2.20 bits per heavy atom. The van der Waals surface area contributed by atoms with E-state index in [-0.39, 0.29) is 24.8 Å². The van der Waals surface area contributed by atoms with Gasteiger partial charge in [0.15, 0.2) is 0 Å². The summed E-state index contributed by atoms with van der Waals surface area (Å²) in [6.07, 6.45) is -0.952. The Labute approximate surface area is 145 Å². The number of anilines is 2. The van der Waals surface area contributed by atoms with Crippen molar-refractivity contribution in [2.45, 2.75) is 13.0 Å². The molecule has 0 saturated carbocycles. The number of carbonyl (C=O) groups excluding carboxylic acids is 2. The molecule has 3 saturated heterocycles. The minimum absolute atomic E-state index is 0.182. The van der Waals surface area contributed by atoms with E-state index in [2.05, 4.69) is 10.6 Å². The second-order valence-electron chi connectivity index (χ2n) is 7.15. The van der Waals surface area contributed by atoms with Gasteiger partial charge in [0, 0.05) is 38.5 Å². The summed E-state index contributed by atoms with van der Waals surface area (Å²) >= 11 is 0. The molecule has 7 nitrogen and oxygen atoms in total. The topological polar surface area (TPSA) is 73.9 Å². The SMILES string of the molecule is CC(=O)NCC1CN(c2ccc(N3CC4(CNC4)C3)c(F)c2)C(=O)O1. The summed E-state index contributed by atoms with van der Waals surface area (Å²) < 4.78 is 19.7. The van der Waals surface area contributed by atoms with Crippen LogP contribution in [0.3, 0.4) is 0 Å². The summed E-state index contributed by atoms with van der Waals surface area (Å²) in [5, 5.41) is 5.88. The van der Waals surface area contributed by atoms with Gasteiger partial charge in [-0.2, -0.15) is 0 Å². The standard InChI is InChI=1S/C17H21FN4O3/c1-11(23)20-5-13-6-22(16(24)25-13)12-2-3-15(14(18)4-12)21-9-17(10-21)7-19-8-17/h2-4,13,19H,5-10H2,1H3,(H,20,23). The Morgan fingerprint density at radius 3 is 2.80 bits per heavy atom. The molecule has 4 rings (SSSR count). The number of rotatable bonds is 4. The molecule has 0 aliphatic carbocycles. The van der Waals surface area contributed by atoms with Crippen molar-refractivity contribution in [1.82, 2.24) is 10.6 Å². The summed E-state index contributed by atoms with van der Waals surface area (Å²) in [6, 6.07) is 4.84. The van der Waals surface area contributed by atoms with Crippen LogP contribution in [0.5, 0.6) is 0 Å². The molecule has 3 heterocycles. The minimum Gasteiger partial charge on any atom is -0.442 e. The Morgan fingerprint density at radius 1 is 1.44 bits per heavy atom. The van der Waals surface area contributed by atoms with Crippen LogP contribution in [-0.4, -0.2) is 57.4 Å². The van der Waals surface area contributed by atoms with Gasteiger partial charge in [-0.1, -0.05) is 0 Å². The molecule has 3 aliphatic heterocycles. The van der Waals surface area contributed by atoms with Crippen LogP contribution in [0.4, 0.5) is 20.6 Å². The first-order valence-electron chi connectivity index (χ1n) is 8.44. The van der Waals surface area contributed by atoms with Crippen LogP contribution < -0.4 is 20.4 Å². The van der Waals surface area contributed by atoms with Crippen molar-refractivity contribution in [2.24, 2.45) is 5.41 Å². The molecule has 1 unspecified atom stereocenters. The van der Waals surface area contributed by atoms with Gasteiger partial charge >= 0.3 is 6.09 Å². The largest absolute Gasteiger partial charge is 0.442 e. The molecular formula is C17H21FN4O3. The Kier molecular flexibility index (Phi) is 3.79. The first kappa shape index (κ1) is 16.1. The molecule has 0 bridgehead atoms. The molecule has 0 radical (unpaired) electrons. The molecular weight excluding hydrogens is 327 g/mol. The molecule has 1 atom stereocenters. The number of hydrogen-bond acceptors (Lipinski definition) is 5. The highest BCUT2D eigenvalue weighted by Gasteiger charge is 2.48. The van der Waals surface area contributed by atoms with Crippen molar-refractivity contribution in [3.8, 4) is 0 Å². The fourth-order valence-electron chi connectivity index (χ4n) is 3.65. The van der Waals surface area contributed by atoms with Crippen LogP contribution in [0, 0.1) is 11.2 Å². The number of nitrogens with zero attached hydrogens (tertiary/aromatic N) is 2. The first-order chi connectivity index (χ1) is 12.0. The number of hydrogen-bond donors (Lipinski definition) is 2. The summed E-state index contributed by atoms with van der Waals surface area (Å²) in [4.78, 5) is 26.4. The maximum absolute atomic E-state index is 14.5. The number of cyclic esters (lactones) is 1. The molecule has 134 valence electrons. The minimum atomic E-state index is -0.522. The van der Waals surface area contributed by atoms with Crippen LogP contribution in [0.15, 0.2) is 18.2 Å². The van der Waals surface area contributed by atoms with Gasteiger partial charge in [-0.25, -0.2) is 9.18 Å². The van der Waals surface area contributed by atoms with E-state index < -0.39 is 12.2 Å². The maximum atomic E-state index is 14.5. The number of halogens is 1. The summed E-state index contributed by atoms with van der Waals surface area (Å²) in [5.41, 5.74) is 1.36. The van der Waals surface area contributed by atoms with Crippen LogP contribution in [0.1, 0.15) is 6.92 Å². The maximum Gasteiger partial charge on any atom is 0.414 e. The average Bonchev–Trinajstić information content (AvgIpc) is 2.85. The molecule has 25 heavy (non-hydrogen) atoms. The zero-order valence-corrected chi connectivity index (χ0v) is 14.0. The Balaban J connectivity index is 1.42. The van der Waals surface area contributed by atoms with Crippen LogP contribution in [0.25, 0.3) is 0 Å². The lowest BCUT2D eigenvalue weighted by atomic mass is 9.74. The monoisotopic (exact) mass is 348 g/mol. The lowest BCUT2D eigenvalue weighted by Gasteiger charge is -2.57. The first-order valence-corrected chi connectivity index (χ1v) is 8.44. The van der Waals surface area contributed by atoms with Crippen molar-refractivity contribution in [3.63, 3.8) is 0 Å². The molecule has 1 spiro atoms. The van der Waals surface area contributed by atoms with Crippen LogP contribution >= 0.6 is 0 Å². The van der Waals surface area contributed by atoms with Crippen molar-refractivity contribution in [1.29, 1.82) is 0 Å². The number of benzene rings is 1. The van der Waals surface area contributed by atoms with Crippen LogP contribution in [-0.2, 0) is 9.53 Å². The van der Waals surface area contributed by atoms with Gasteiger partial charge in [0.1, 0.15) is 11.9 Å². The van der Waals surface area contributed by atoms with Gasteiger partial charge < -0.3 is 20.3 Å². The molecule has 8 heteroatoms. The van der Waals surface area contributed by atoms with Gasteiger partial charge in [-0.05, 0) is 18.2 Å². The van der Waals surface area contributed by atoms with E-state index in [0.717, 1.165) is 26.2 Å². The predicted molar refractivity (Wildman–Crippen MR) is 90.2 cm³/mol. The molecule has 3 aliphatic rings. The fourth-order valence-corrected chi connectivity index (χ4v) is 3.65. The fraction of sp³-hybridized carbons (Fsp3) is 0.529. The third kappa shape index (κ3) is 2.90. The Bertz CT molecular complexity index is 714. The smallest absolute Gasteiger partial charge is 0.414 e. The molecule has 3 fully saturated rings. The summed E-state index contributed by atoms with van der Waals surface area (Å²) in [6.45, 7) is 5.67. The predicted octanol–water partition coefficient (Wildman–Crippen LogP) is 0.697. The van der Waals surface area contributed by atoms with E-state index in [0.29, 0.717) is 16.8 Å². The average molecular weight is 348 g/mol. The van der Waals surface area contributed by atoms with E-state index >= 15 is 0 Å². The highest BCUT2D eigenvalue weighted by Crippen LogP contribution is 2.39. The molecule has 1 aromatic rings. The van der Waals surface area contributed by atoms with Crippen molar-refractivity contribution >= 4 is 23.4 Å². The summed E-state index contributed by atoms with van der Waals surface area (Å²) in [5.74, 6) is -0.517. The third-order valence-corrected chi connectivity index (χ3v) is 5.09. The van der Waals surface area contributed by atoms with Crippen molar-refractivity contribution in [2.75, 3.05) is 49.1 Å². The molecule has 2 N–H and O–H groups in total. The van der Waals surface area contributed by atoms with Gasteiger partial charge in [-0.3, -0.25) is 9.69 Å². The van der Waals surface area contributed by atoms with Crippen molar-refractivity contribution in [3.05, 3.63) is 24.0 Å². The van der Waals surface area contributed by atoms with E-state index in [1.54, 1.807) is 12.1 Å². The third-order valence-electron chi connectivity index (χ3n) is 5.09. The van der Waals surface area contributed by atoms with Gasteiger partial charge in [-0.15, -0.1) is 0 Å². The number of amides is 2. The summed E-state index contributed by atoms with van der Waals surface area (Å²) in [7, 11) is 0. The highest BCUT2D eigenvalue weighted by atomic mass is 19.1. The van der Waals surface area contributed by atoms with E-state index in [9.17, 15) is 14.0 Å². The molecule has 2 amide bonds. The normalized spacial score (nSPS) is 23.9. The van der Waals surface area contributed by atoms with Gasteiger partial charge in [0.25, 0.3) is 0 Å². The van der Waals surface area contributed by atoms with Gasteiger partial charge in [0.2, 0.25) is 5.91 Å². The van der Waals surface area contributed by atoms with E-state index in [1.165, 1.54) is 17.9 Å². The van der Waals surface area contributed by atoms with E-state index in [4.69, 9.17) is 4.74 Å². The second kappa shape index (κ2) is 5.87.